The van der Waals surface area contributed by atoms with Crippen LogP contribution in [0.25, 0.3) is 0 Å². The van der Waals surface area contributed by atoms with E-state index in [2.05, 4.69) is 128 Å². The minimum Gasteiger partial charge on any atom is -0.212 e. The minimum absolute atomic E-state index is 0.101. The molecule has 1 saturated carbocycles. The zero-order chi connectivity index (χ0) is 35.0. The van der Waals surface area contributed by atoms with Crippen LogP contribution in [-0.4, -0.2) is 0 Å². The van der Waals surface area contributed by atoms with Crippen molar-refractivity contribution in [3.63, 3.8) is 0 Å². The third-order valence-corrected chi connectivity index (χ3v) is 9.51. The van der Waals surface area contributed by atoms with Crippen molar-refractivity contribution in [2.24, 2.45) is 5.92 Å². The van der Waals surface area contributed by atoms with Gasteiger partial charge in [-0.15, -0.1) is 6.58 Å². The summed E-state index contributed by atoms with van der Waals surface area (Å²) < 4.78 is 12.8. The quantitative estimate of drug-likeness (QED) is 0.137. The van der Waals surface area contributed by atoms with Crippen molar-refractivity contribution >= 4 is 0 Å². The van der Waals surface area contributed by atoms with Crippen LogP contribution in [0.2, 0.25) is 0 Å². The van der Waals surface area contributed by atoms with Crippen LogP contribution in [0.15, 0.2) is 91.3 Å². The Bertz CT molecular complexity index is 1360. The molecular weight excluding hydrogens is 572 g/mol. The molecule has 3 aromatic carbocycles. The van der Waals surface area contributed by atoms with E-state index in [0.717, 1.165) is 38.0 Å². The third-order valence-electron chi connectivity index (χ3n) is 9.51. The van der Waals surface area contributed by atoms with Gasteiger partial charge in [-0.3, -0.25) is 0 Å². The molecule has 0 spiro atoms. The predicted molar refractivity (Wildman–Crippen MR) is 207 cm³/mol. The maximum Gasteiger partial charge on any atom is 0.0928 e. The van der Waals surface area contributed by atoms with E-state index in [-0.39, 0.29) is 16.7 Å². The van der Waals surface area contributed by atoms with E-state index < -0.39 is 0 Å². The highest BCUT2D eigenvalue weighted by atomic mass is 19.1. The van der Waals surface area contributed by atoms with Gasteiger partial charge in [0, 0.05) is 5.41 Å². The molecule has 0 nitrogen and oxygen atoms in total. The Labute approximate surface area is 290 Å². The lowest BCUT2D eigenvalue weighted by molar-refractivity contribution is 0.544. The number of halogens is 1. The second-order valence-electron chi connectivity index (χ2n) is 15.9. The van der Waals surface area contributed by atoms with E-state index in [0.29, 0.717) is 6.42 Å². The Balaban J connectivity index is 0.000000659. The van der Waals surface area contributed by atoms with Crippen molar-refractivity contribution in [3.05, 3.63) is 130 Å². The lowest BCUT2D eigenvalue weighted by atomic mass is 9.69. The van der Waals surface area contributed by atoms with Crippen molar-refractivity contribution in [1.82, 2.24) is 0 Å². The predicted octanol–water partition coefficient (Wildman–Crippen LogP) is 14.3. The van der Waals surface area contributed by atoms with Gasteiger partial charge in [-0.25, -0.2) is 4.39 Å². The van der Waals surface area contributed by atoms with Crippen LogP contribution in [0.1, 0.15) is 152 Å². The molecule has 0 aromatic heterocycles. The van der Waals surface area contributed by atoms with Gasteiger partial charge in [0.2, 0.25) is 0 Å². The molecule has 3 aromatic rings. The first kappa shape index (κ1) is 40.2. The molecular formula is C46H67F. The van der Waals surface area contributed by atoms with Gasteiger partial charge in [0.15, 0.2) is 0 Å². The largest absolute Gasteiger partial charge is 0.212 e. The van der Waals surface area contributed by atoms with Crippen molar-refractivity contribution in [2.75, 3.05) is 0 Å². The Hall–Kier alpha value is -2.93. The second kappa shape index (κ2) is 19.8. The smallest absolute Gasteiger partial charge is 0.0928 e. The summed E-state index contributed by atoms with van der Waals surface area (Å²) in [6.45, 7) is 27.0. The zero-order valence-corrected chi connectivity index (χ0v) is 31.7. The van der Waals surface area contributed by atoms with Crippen molar-refractivity contribution in [2.45, 2.75) is 150 Å². The number of hydrogen-bond acceptors (Lipinski definition) is 0. The molecule has 1 heteroatoms. The van der Waals surface area contributed by atoms with Gasteiger partial charge in [0.25, 0.3) is 0 Å². The second-order valence-corrected chi connectivity index (χ2v) is 15.9. The molecule has 1 aliphatic carbocycles. The normalized spacial score (nSPS) is 14.3. The van der Waals surface area contributed by atoms with Crippen LogP contribution in [0, 0.1) is 19.8 Å². The molecule has 47 heavy (non-hydrogen) atoms. The highest BCUT2D eigenvalue weighted by Crippen LogP contribution is 2.39. The SMILES string of the molecule is C=C(C)C.C=C(F)CCCCCCCc1cc(C(C)(Cc2ccccc2)c2cc(C)cc(C(C)(C)C)c2)ccc1C.CC1CCCC1. The summed E-state index contributed by atoms with van der Waals surface area (Å²) in [6, 6.07) is 25.2. The molecule has 0 aliphatic heterocycles. The number of allylic oxidation sites excluding steroid dienone is 2. The maximum atomic E-state index is 12.8. The fourth-order valence-corrected chi connectivity index (χ4v) is 6.49. The molecule has 0 saturated heterocycles. The van der Waals surface area contributed by atoms with Crippen molar-refractivity contribution < 1.29 is 4.39 Å². The molecule has 1 atom stereocenters. The highest BCUT2D eigenvalue weighted by Gasteiger charge is 2.31. The van der Waals surface area contributed by atoms with Crippen molar-refractivity contribution in [1.29, 1.82) is 0 Å². The van der Waals surface area contributed by atoms with Gasteiger partial charge in [0.1, 0.15) is 0 Å². The number of benzene rings is 3. The molecule has 1 aliphatic rings. The van der Waals surface area contributed by atoms with Crippen LogP contribution >= 0.6 is 0 Å². The molecule has 0 amide bonds. The zero-order valence-electron chi connectivity index (χ0n) is 31.7. The van der Waals surface area contributed by atoms with Gasteiger partial charge in [-0.1, -0.05) is 164 Å². The molecule has 0 heterocycles. The summed E-state index contributed by atoms with van der Waals surface area (Å²) in [5.74, 6) is 0.860. The molecule has 1 fully saturated rings. The fourth-order valence-electron chi connectivity index (χ4n) is 6.49. The Kier molecular flexibility index (Phi) is 16.9. The summed E-state index contributed by atoms with van der Waals surface area (Å²) >= 11 is 0. The number of hydrogen-bond donors (Lipinski definition) is 0. The molecule has 0 N–H and O–H groups in total. The summed E-state index contributed by atoms with van der Waals surface area (Å²) in [6.07, 6.45) is 14.0. The lowest BCUT2D eigenvalue weighted by Crippen LogP contribution is -2.28. The van der Waals surface area contributed by atoms with Crippen LogP contribution in [-0.2, 0) is 23.7 Å². The van der Waals surface area contributed by atoms with E-state index >= 15 is 0 Å². The van der Waals surface area contributed by atoms with E-state index in [1.54, 1.807) is 0 Å². The highest BCUT2D eigenvalue weighted by molar-refractivity contribution is 5.47. The summed E-state index contributed by atoms with van der Waals surface area (Å²) in [5, 5.41) is 0. The van der Waals surface area contributed by atoms with Gasteiger partial charge < -0.3 is 0 Å². The first-order valence-corrected chi connectivity index (χ1v) is 18.3. The van der Waals surface area contributed by atoms with Crippen LogP contribution in [0.4, 0.5) is 4.39 Å². The lowest BCUT2D eigenvalue weighted by Gasteiger charge is -2.34. The van der Waals surface area contributed by atoms with E-state index in [9.17, 15) is 4.39 Å². The van der Waals surface area contributed by atoms with Gasteiger partial charge in [-0.2, -0.15) is 0 Å². The number of rotatable bonds is 12. The minimum atomic E-state index is -0.186. The average Bonchev–Trinajstić information content (AvgIpc) is 3.48. The van der Waals surface area contributed by atoms with Gasteiger partial charge in [-0.05, 0) is 105 Å². The fraction of sp³-hybridized carbons (Fsp3) is 0.522. The molecule has 0 bridgehead atoms. The summed E-state index contributed by atoms with van der Waals surface area (Å²) in [4.78, 5) is 0. The van der Waals surface area contributed by atoms with Crippen LogP contribution in [0.3, 0.4) is 0 Å². The summed E-state index contributed by atoms with van der Waals surface area (Å²) in [7, 11) is 0. The first-order valence-electron chi connectivity index (χ1n) is 18.3. The summed E-state index contributed by atoms with van der Waals surface area (Å²) in [5.41, 5.74) is 10.8. The van der Waals surface area contributed by atoms with E-state index in [1.807, 2.05) is 13.8 Å². The van der Waals surface area contributed by atoms with Gasteiger partial charge in [0.05, 0.1) is 5.83 Å². The Morgan fingerprint density at radius 3 is 1.87 bits per heavy atom. The van der Waals surface area contributed by atoms with Gasteiger partial charge >= 0.3 is 0 Å². The number of unbranched alkanes of at least 4 members (excludes halogenated alkanes) is 4. The average molecular weight is 639 g/mol. The van der Waals surface area contributed by atoms with Crippen molar-refractivity contribution in [3.8, 4) is 0 Å². The van der Waals surface area contributed by atoms with Crippen LogP contribution in [0.5, 0.6) is 0 Å². The number of aryl methyl sites for hydroxylation is 3. The first-order chi connectivity index (χ1) is 22.1. The standard InChI is InChI=1S/C36H47F.C6H12.C4H8/c1-27-22-33(35(4,5)6)25-34(23-27)36(7,26-30-17-13-11-14-18-30)32-21-20-28(2)31(24-32)19-15-10-8-9-12-16-29(3)37;1-6-4-2-3-5-6;1-4(2)3/h11,13-14,17-18,20-25H,3,8-10,12,15-16,19,26H2,1-2,4-7H3;6H,2-5H2,1H3;1H2,2-3H3. The molecule has 258 valence electrons. The maximum absolute atomic E-state index is 12.8. The molecule has 0 radical (unpaired) electrons. The Morgan fingerprint density at radius 2 is 1.32 bits per heavy atom. The van der Waals surface area contributed by atoms with E-state index in [1.165, 1.54) is 83.0 Å². The van der Waals surface area contributed by atoms with Crippen LogP contribution < -0.4 is 0 Å². The molecule has 1 unspecified atom stereocenters. The topological polar surface area (TPSA) is 0 Å². The monoisotopic (exact) mass is 639 g/mol. The third kappa shape index (κ3) is 14.8. The van der Waals surface area contributed by atoms with E-state index in [4.69, 9.17) is 0 Å². The molecule has 4 rings (SSSR count). The Morgan fingerprint density at radius 1 is 0.745 bits per heavy atom.